The Kier molecular flexibility index (Phi) is 3.06. The third kappa shape index (κ3) is 2.47. The smallest absolute Gasteiger partial charge is 0.192 e. The molecule has 0 spiro atoms. The van der Waals surface area contributed by atoms with Crippen molar-refractivity contribution in [3.8, 4) is 0 Å². The summed E-state index contributed by atoms with van der Waals surface area (Å²) in [5.41, 5.74) is 1.17. The summed E-state index contributed by atoms with van der Waals surface area (Å²) in [6.45, 7) is 0. The van der Waals surface area contributed by atoms with E-state index in [2.05, 4.69) is 15.9 Å². The highest BCUT2D eigenvalue weighted by molar-refractivity contribution is 9.10. The number of hydrogen-bond acceptors (Lipinski definition) is 1. The molecule has 0 heterocycles. The predicted octanol–water partition coefficient (Wildman–Crippen LogP) is 3.82. The second kappa shape index (κ2) is 4.34. The maximum atomic E-state index is 13.4. The fourth-order valence-electron chi connectivity index (χ4n) is 1.52. The Bertz CT molecular complexity index is 460. The molecule has 1 aliphatic rings. The van der Waals surface area contributed by atoms with E-state index in [9.17, 15) is 9.18 Å². The summed E-state index contributed by atoms with van der Waals surface area (Å²) >= 11 is 2.92. The highest BCUT2D eigenvalue weighted by atomic mass is 79.9. The minimum Gasteiger partial charge on any atom is -0.289 e. The van der Waals surface area contributed by atoms with Crippen molar-refractivity contribution >= 4 is 21.7 Å². The van der Waals surface area contributed by atoms with Crippen LogP contribution >= 0.6 is 15.9 Å². The molecule has 0 bridgehead atoms. The van der Waals surface area contributed by atoms with Crippen LogP contribution in [0.5, 0.6) is 0 Å². The van der Waals surface area contributed by atoms with Crippen LogP contribution in [0.4, 0.5) is 4.39 Å². The third-order valence-corrected chi connectivity index (χ3v) is 2.99. The Morgan fingerprint density at radius 2 is 2.00 bits per heavy atom. The molecule has 1 aromatic carbocycles. The van der Waals surface area contributed by atoms with Gasteiger partial charge in [0.1, 0.15) is 0 Å². The lowest BCUT2D eigenvalue weighted by atomic mass is 9.98. The lowest BCUT2D eigenvalue weighted by Gasteiger charge is -2.16. The molecule has 3 heteroatoms. The van der Waals surface area contributed by atoms with E-state index in [0.29, 0.717) is 11.1 Å². The molecule has 16 heavy (non-hydrogen) atoms. The zero-order valence-electron chi connectivity index (χ0n) is 8.49. The molecule has 1 aliphatic carbocycles. The number of hydrogen-bond donors (Lipinski definition) is 0. The molecule has 0 N–H and O–H groups in total. The summed E-state index contributed by atoms with van der Waals surface area (Å²) in [6, 6.07) is 8.98. The highest BCUT2D eigenvalue weighted by Gasteiger charge is 2.25. The maximum Gasteiger partial charge on any atom is 0.192 e. The van der Waals surface area contributed by atoms with Crippen LogP contribution in [-0.2, 0) is 0 Å². The molecular formula is C13H10BrFO. The van der Waals surface area contributed by atoms with E-state index in [-0.39, 0.29) is 12.2 Å². The van der Waals surface area contributed by atoms with Gasteiger partial charge in [0.2, 0.25) is 0 Å². The molecule has 0 radical (unpaired) electrons. The minimum atomic E-state index is -1.51. The van der Waals surface area contributed by atoms with Gasteiger partial charge in [0.05, 0.1) is 0 Å². The number of Topliss-reactive ketones (excluding diaryl/α,β-unsaturated/α-hetero) is 1. The molecule has 1 atom stereocenters. The largest absolute Gasteiger partial charge is 0.289 e. The zero-order valence-corrected chi connectivity index (χ0v) is 10.1. The first-order chi connectivity index (χ1) is 7.58. The standard InChI is InChI=1S/C13H10BrFO/c14-13(15)8-6-11(7-9-13)12(16)10-4-2-1-3-5-10/h1-8H,9H2. The van der Waals surface area contributed by atoms with Crippen molar-refractivity contribution in [2.24, 2.45) is 0 Å². The Balaban J connectivity index is 2.20. The van der Waals surface area contributed by atoms with Gasteiger partial charge >= 0.3 is 0 Å². The molecule has 1 nitrogen and oxygen atoms in total. The van der Waals surface area contributed by atoms with E-state index in [1.165, 1.54) is 12.2 Å². The van der Waals surface area contributed by atoms with E-state index in [1.807, 2.05) is 18.2 Å². The summed E-state index contributed by atoms with van der Waals surface area (Å²) in [5, 5.41) is 0. The van der Waals surface area contributed by atoms with Crippen LogP contribution in [-0.4, -0.2) is 10.4 Å². The lowest BCUT2D eigenvalue weighted by molar-refractivity contribution is 0.103. The molecule has 2 rings (SSSR count). The summed E-state index contributed by atoms with van der Waals surface area (Å²) in [7, 11) is 0. The van der Waals surface area contributed by atoms with Crippen LogP contribution in [0.1, 0.15) is 16.8 Å². The van der Waals surface area contributed by atoms with Crippen LogP contribution in [0.25, 0.3) is 0 Å². The SMILES string of the molecule is O=C(C1=CCC(F)(Br)C=C1)c1ccccc1. The second-order valence-corrected chi connectivity index (χ2v) is 4.97. The predicted molar refractivity (Wildman–Crippen MR) is 65.4 cm³/mol. The van der Waals surface area contributed by atoms with Gasteiger partial charge in [0.15, 0.2) is 10.4 Å². The number of halogens is 2. The second-order valence-electron chi connectivity index (χ2n) is 3.65. The first-order valence-electron chi connectivity index (χ1n) is 4.95. The van der Waals surface area contributed by atoms with Crippen LogP contribution in [0, 0.1) is 0 Å². The van der Waals surface area contributed by atoms with Gasteiger partial charge in [0.25, 0.3) is 0 Å². The average molecular weight is 281 g/mol. The van der Waals surface area contributed by atoms with E-state index in [1.54, 1.807) is 18.2 Å². The zero-order chi connectivity index (χ0) is 11.6. The van der Waals surface area contributed by atoms with Crippen LogP contribution in [0.3, 0.4) is 0 Å². The molecule has 1 unspecified atom stereocenters. The normalized spacial score (nSPS) is 24.0. The van der Waals surface area contributed by atoms with E-state index >= 15 is 0 Å². The summed E-state index contributed by atoms with van der Waals surface area (Å²) in [6.07, 6.45) is 4.68. The first-order valence-corrected chi connectivity index (χ1v) is 5.75. The van der Waals surface area contributed by atoms with Gasteiger partial charge in [-0.2, -0.15) is 0 Å². The van der Waals surface area contributed by atoms with Gasteiger partial charge in [-0.25, -0.2) is 4.39 Å². The van der Waals surface area contributed by atoms with Gasteiger partial charge in [-0.1, -0.05) is 42.5 Å². The Labute approximate surface area is 102 Å². The topological polar surface area (TPSA) is 17.1 Å². The van der Waals surface area contributed by atoms with E-state index in [4.69, 9.17) is 0 Å². The Hall–Kier alpha value is -1.22. The molecule has 0 saturated carbocycles. The number of benzene rings is 1. The highest BCUT2D eigenvalue weighted by Crippen LogP contribution is 2.31. The van der Waals surface area contributed by atoms with Crippen molar-refractivity contribution in [3.05, 3.63) is 59.7 Å². The summed E-state index contributed by atoms with van der Waals surface area (Å²) in [4.78, 5) is 12.0. The van der Waals surface area contributed by atoms with Crippen molar-refractivity contribution in [2.45, 2.75) is 11.0 Å². The quantitative estimate of drug-likeness (QED) is 0.595. The van der Waals surface area contributed by atoms with Gasteiger partial charge in [-0.05, 0) is 22.0 Å². The van der Waals surface area contributed by atoms with Crippen LogP contribution in [0.15, 0.2) is 54.1 Å². The van der Waals surface area contributed by atoms with Crippen LogP contribution < -0.4 is 0 Å². The van der Waals surface area contributed by atoms with Crippen molar-refractivity contribution in [2.75, 3.05) is 0 Å². The van der Waals surface area contributed by atoms with Gasteiger partial charge in [0, 0.05) is 17.6 Å². The molecular weight excluding hydrogens is 271 g/mol. The number of rotatable bonds is 2. The summed E-state index contributed by atoms with van der Waals surface area (Å²) in [5.74, 6) is -0.0696. The molecule has 0 aliphatic heterocycles. The number of carbonyl (C=O) groups excluding carboxylic acids is 1. The molecule has 82 valence electrons. The van der Waals surface area contributed by atoms with E-state index in [0.717, 1.165) is 0 Å². The van der Waals surface area contributed by atoms with Gasteiger partial charge < -0.3 is 0 Å². The number of alkyl halides is 2. The average Bonchev–Trinajstić information content (AvgIpc) is 2.29. The van der Waals surface area contributed by atoms with Crippen molar-refractivity contribution < 1.29 is 9.18 Å². The monoisotopic (exact) mass is 280 g/mol. The molecule has 1 aromatic rings. The third-order valence-electron chi connectivity index (χ3n) is 2.40. The van der Waals surface area contributed by atoms with Crippen molar-refractivity contribution in [3.63, 3.8) is 0 Å². The van der Waals surface area contributed by atoms with Gasteiger partial charge in [-0.15, -0.1) is 0 Å². The van der Waals surface area contributed by atoms with E-state index < -0.39 is 4.58 Å². The molecule has 0 aromatic heterocycles. The summed E-state index contributed by atoms with van der Waals surface area (Å²) < 4.78 is 11.9. The number of carbonyl (C=O) groups is 1. The Morgan fingerprint density at radius 3 is 2.56 bits per heavy atom. The van der Waals surface area contributed by atoms with Crippen molar-refractivity contribution in [1.82, 2.24) is 0 Å². The maximum absolute atomic E-state index is 13.4. The molecule has 0 fully saturated rings. The fraction of sp³-hybridized carbons (Fsp3) is 0.154. The van der Waals surface area contributed by atoms with Crippen LogP contribution in [0.2, 0.25) is 0 Å². The fourth-order valence-corrected chi connectivity index (χ4v) is 1.81. The minimum absolute atomic E-state index is 0.0696. The number of allylic oxidation sites excluding steroid dienone is 4. The van der Waals surface area contributed by atoms with Crippen molar-refractivity contribution in [1.29, 1.82) is 0 Å². The first kappa shape index (κ1) is 11.3. The molecule has 0 saturated heterocycles. The molecule has 0 amide bonds. The lowest BCUT2D eigenvalue weighted by Crippen LogP contribution is -2.14. The Morgan fingerprint density at radius 1 is 1.31 bits per heavy atom. The van der Waals surface area contributed by atoms with Gasteiger partial charge in [-0.3, -0.25) is 4.79 Å². The number of ketones is 1.